The molecule has 0 aliphatic heterocycles. The van der Waals surface area contributed by atoms with Crippen LogP contribution in [0.4, 0.5) is 0 Å². The fourth-order valence-corrected chi connectivity index (χ4v) is 0.530. The number of allylic oxidation sites excluding steroid dienone is 1. The zero-order valence-electron chi connectivity index (χ0n) is 6.77. The number of nitrogens with one attached hydrogen (secondary N) is 2. The van der Waals surface area contributed by atoms with Gasteiger partial charge in [0.2, 0.25) is 0 Å². The minimum absolute atomic E-state index is 0.491. The molecule has 0 rings (SSSR count). The molecule has 3 heteroatoms. The molecule has 0 amide bonds. The van der Waals surface area contributed by atoms with Crippen LogP contribution in [0.3, 0.4) is 0 Å². The molecule has 0 aliphatic carbocycles. The van der Waals surface area contributed by atoms with E-state index in [9.17, 15) is 0 Å². The summed E-state index contributed by atoms with van der Waals surface area (Å²) in [7, 11) is 1.75. The Morgan fingerprint density at radius 1 is 1.55 bits per heavy atom. The van der Waals surface area contributed by atoms with E-state index in [4.69, 9.17) is 17.6 Å². The minimum atomic E-state index is 0.491. The van der Waals surface area contributed by atoms with Crippen LogP contribution in [0.15, 0.2) is 24.3 Å². The lowest BCUT2D eigenvalue weighted by Gasteiger charge is -1.99. The molecule has 0 radical (unpaired) electrons. The van der Waals surface area contributed by atoms with E-state index in [1.807, 2.05) is 0 Å². The van der Waals surface area contributed by atoms with Crippen LogP contribution in [0.25, 0.3) is 0 Å². The highest BCUT2D eigenvalue weighted by Crippen LogP contribution is 1.94. The first kappa shape index (κ1) is 10.0. The van der Waals surface area contributed by atoms with Crippen LogP contribution in [0.5, 0.6) is 0 Å². The van der Waals surface area contributed by atoms with Gasteiger partial charge in [-0.2, -0.15) is 0 Å². The van der Waals surface area contributed by atoms with E-state index in [-0.39, 0.29) is 0 Å². The van der Waals surface area contributed by atoms with Gasteiger partial charge in [-0.3, -0.25) is 0 Å². The largest absolute Gasteiger partial charge is 0.379 e. The number of thiocarbonyl (C=S) groups is 1. The first-order valence-corrected chi connectivity index (χ1v) is 3.63. The van der Waals surface area contributed by atoms with Crippen molar-refractivity contribution in [1.29, 1.82) is 5.41 Å². The molecule has 0 heterocycles. The van der Waals surface area contributed by atoms with Crippen LogP contribution in [-0.4, -0.2) is 17.7 Å². The molecule has 0 spiro atoms. The smallest absolute Gasteiger partial charge is 0.105 e. The maximum absolute atomic E-state index is 7.09. The van der Waals surface area contributed by atoms with Crippen molar-refractivity contribution in [3.8, 4) is 0 Å². The molecule has 0 aromatic carbocycles. The first-order valence-electron chi connectivity index (χ1n) is 3.22. The van der Waals surface area contributed by atoms with E-state index in [0.717, 1.165) is 5.57 Å². The number of hydrogen-bond donors (Lipinski definition) is 2. The topological polar surface area (TPSA) is 35.9 Å². The van der Waals surface area contributed by atoms with Crippen molar-refractivity contribution in [2.45, 2.75) is 6.92 Å². The van der Waals surface area contributed by atoms with Crippen LogP contribution in [-0.2, 0) is 0 Å². The second-order valence-electron chi connectivity index (χ2n) is 2.12. The van der Waals surface area contributed by atoms with Gasteiger partial charge in [-0.25, -0.2) is 0 Å². The maximum Gasteiger partial charge on any atom is 0.105 e. The summed E-state index contributed by atoms with van der Waals surface area (Å²) >= 11 is 4.90. The Labute approximate surface area is 72.5 Å². The number of rotatable bonds is 3. The summed E-state index contributed by atoms with van der Waals surface area (Å²) in [4.78, 5) is 0.613. The highest BCUT2D eigenvalue weighted by molar-refractivity contribution is 7.80. The lowest BCUT2D eigenvalue weighted by atomic mass is 10.2. The highest BCUT2D eigenvalue weighted by atomic mass is 32.1. The summed E-state index contributed by atoms with van der Waals surface area (Å²) in [6.07, 6.45) is 3.38. The Balaban J connectivity index is 4.08. The van der Waals surface area contributed by atoms with Gasteiger partial charge in [0.15, 0.2) is 0 Å². The molecule has 11 heavy (non-hydrogen) atoms. The normalized spacial score (nSPS) is 9.64. The third-order valence-corrected chi connectivity index (χ3v) is 1.52. The van der Waals surface area contributed by atoms with Crippen molar-refractivity contribution < 1.29 is 0 Å². The van der Waals surface area contributed by atoms with Gasteiger partial charge in [-0.05, 0) is 13.0 Å². The third-order valence-electron chi connectivity index (χ3n) is 1.05. The van der Waals surface area contributed by atoms with E-state index in [1.54, 1.807) is 26.1 Å². The van der Waals surface area contributed by atoms with Crippen molar-refractivity contribution in [2.24, 2.45) is 0 Å². The molecule has 0 saturated carbocycles. The second kappa shape index (κ2) is 4.79. The van der Waals surface area contributed by atoms with Crippen molar-refractivity contribution in [1.82, 2.24) is 5.32 Å². The molecule has 0 atom stereocenters. The van der Waals surface area contributed by atoms with Crippen molar-refractivity contribution in [3.63, 3.8) is 0 Å². The molecule has 0 aromatic heterocycles. The highest BCUT2D eigenvalue weighted by Gasteiger charge is 1.92. The van der Waals surface area contributed by atoms with Gasteiger partial charge in [0, 0.05) is 18.3 Å². The molecule has 0 aliphatic rings. The minimum Gasteiger partial charge on any atom is -0.379 e. The zero-order chi connectivity index (χ0) is 8.85. The van der Waals surface area contributed by atoms with Gasteiger partial charge in [-0.1, -0.05) is 24.9 Å². The number of hydrogen-bond acceptors (Lipinski definition) is 2. The Bertz CT molecular complexity index is 216. The van der Waals surface area contributed by atoms with E-state index in [1.165, 1.54) is 0 Å². The zero-order valence-corrected chi connectivity index (χ0v) is 7.59. The average molecular weight is 168 g/mol. The van der Waals surface area contributed by atoms with E-state index < -0.39 is 0 Å². The molecule has 0 bridgehead atoms. The fraction of sp³-hybridized carbons (Fsp3) is 0.250. The second-order valence-corrected chi connectivity index (χ2v) is 2.53. The molecule has 0 aromatic rings. The summed E-state index contributed by atoms with van der Waals surface area (Å²) in [5.74, 6) is 0. The van der Waals surface area contributed by atoms with E-state index in [0.29, 0.717) is 10.7 Å². The summed E-state index contributed by atoms with van der Waals surface area (Å²) in [5, 5.41) is 9.89. The Kier molecular flexibility index (Phi) is 4.38. The van der Waals surface area contributed by atoms with Gasteiger partial charge < -0.3 is 10.7 Å². The van der Waals surface area contributed by atoms with Crippen LogP contribution in [0.1, 0.15) is 6.92 Å². The summed E-state index contributed by atoms with van der Waals surface area (Å²) in [6, 6.07) is 0. The Morgan fingerprint density at radius 3 is 2.45 bits per heavy atom. The van der Waals surface area contributed by atoms with Crippen molar-refractivity contribution in [2.75, 3.05) is 7.05 Å². The molecular weight excluding hydrogens is 156 g/mol. The van der Waals surface area contributed by atoms with Gasteiger partial charge in [0.05, 0.1) is 0 Å². The average Bonchev–Trinajstić information content (AvgIpc) is 1.98. The molecule has 0 fully saturated rings. The molecular formula is C8H12N2S. The first-order chi connectivity index (χ1) is 5.07. The maximum atomic E-state index is 7.09. The summed E-state index contributed by atoms with van der Waals surface area (Å²) in [5.41, 5.74) is 1.22. The lowest BCUT2D eigenvalue weighted by molar-refractivity contribution is 1.20. The monoisotopic (exact) mass is 168 g/mol. The summed E-state index contributed by atoms with van der Waals surface area (Å²) < 4.78 is 0. The fourth-order valence-electron chi connectivity index (χ4n) is 0.462. The number of likely N-dealkylation sites (N-methyl/N-ethyl adjacent to an activating group) is 1. The van der Waals surface area contributed by atoms with Gasteiger partial charge in [-0.15, -0.1) is 0 Å². The van der Waals surface area contributed by atoms with Gasteiger partial charge in [0.1, 0.15) is 4.99 Å². The quantitative estimate of drug-likeness (QED) is 0.291. The van der Waals surface area contributed by atoms with Crippen LogP contribution in [0, 0.1) is 5.41 Å². The van der Waals surface area contributed by atoms with Crippen LogP contribution < -0.4 is 5.32 Å². The van der Waals surface area contributed by atoms with Gasteiger partial charge in [0.25, 0.3) is 0 Å². The Hall–Kier alpha value is -0.960. The molecule has 60 valence electrons. The molecule has 2 nitrogen and oxygen atoms in total. The predicted molar refractivity (Wildman–Crippen MR) is 53.3 cm³/mol. The third kappa shape index (κ3) is 4.44. The van der Waals surface area contributed by atoms with E-state index >= 15 is 0 Å². The van der Waals surface area contributed by atoms with Crippen molar-refractivity contribution >= 4 is 22.9 Å². The SMILES string of the molecule is C=C(/C=C\C(C)=N)C(=S)NC. The van der Waals surface area contributed by atoms with Gasteiger partial charge >= 0.3 is 0 Å². The molecule has 0 saturated heterocycles. The summed E-state index contributed by atoms with van der Waals surface area (Å²) in [6.45, 7) is 5.41. The van der Waals surface area contributed by atoms with Crippen molar-refractivity contribution in [3.05, 3.63) is 24.3 Å². The lowest BCUT2D eigenvalue weighted by Crippen LogP contribution is -2.16. The standard InChI is InChI=1S/C8H12N2S/c1-6(8(11)10-3)4-5-7(2)9/h4-5,9H,1H2,2-3H3,(H,10,11)/b5-4-,9-7?. The molecule has 0 unspecified atom stereocenters. The Morgan fingerprint density at radius 2 is 2.09 bits per heavy atom. The molecule has 2 N–H and O–H groups in total. The van der Waals surface area contributed by atoms with E-state index in [2.05, 4.69) is 11.9 Å². The van der Waals surface area contributed by atoms with Crippen LogP contribution >= 0.6 is 12.2 Å². The predicted octanol–water partition coefficient (Wildman–Crippen LogP) is 1.69. The van der Waals surface area contributed by atoms with Crippen LogP contribution in [0.2, 0.25) is 0 Å².